The quantitative estimate of drug-likeness (QED) is 0.754. The first-order valence-electron chi connectivity index (χ1n) is 6.87. The van der Waals surface area contributed by atoms with Gasteiger partial charge in [0.2, 0.25) is 5.91 Å². The van der Waals surface area contributed by atoms with Crippen LogP contribution in [0.4, 0.5) is 0 Å². The third-order valence-electron chi connectivity index (χ3n) is 2.74. The van der Waals surface area contributed by atoms with Crippen molar-refractivity contribution in [1.82, 2.24) is 10.2 Å². The van der Waals surface area contributed by atoms with E-state index in [2.05, 4.69) is 5.32 Å². The third kappa shape index (κ3) is 4.94. The predicted molar refractivity (Wildman–Crippen MR) is 75.2 cm³/mol. The topological polar surface area (TPSA) is 99.9 Å². The lowest BCUT2D eigenvalue weighted by molar-refractivity contribution is -0.121. The molecule has 0 aliphatic carbocycles. The van der Waals surface area contributed by atoms with Crippen LogP contribution >= 0.6 is 0 Å². The van der Waals surface area contributed by atoms with Crippen LogP contribution in [0.5, 0.6) is 0 Å². The van der Waals surface area contributed by atoms with Gasteiger partial charge in [-0.25, -0.2) is 4.79 Å². The van der Waals surface area contributed by atoms with Crippen molar-refractivity contribution in [2.45, 2.75) is 26.7 Å². The van der Waals surface area contributed by atoms with Gasteiger partial charge in [-0.3, -0.25) is 9.59 Å². The number of amides is 2. The highest BCUT2D eigenvalue weighted by Crippen LogP contribution is 2.11. The van der Waals surface area contributed by atoms with Crippen LogP contribution in [0, 0.1) is 0 Å². The molecule has 0 aromatic carbocycles. The first-order chi connectivity index (χ1) is 9.99. The van der Waals surface area contributed by atoms with Crippen LogP contribution in [0.3, 0.4) is 0 Å². The first-order valence-corrected chi connectivity index (χ1v) is 6.87. The van der Waals surface area contributed by atoms with Gasteiger partial charge < -0.3 is 19.7 Å². The first kappa shape index (κ1) is 16.7. The summed E-state index contributed by atoms with van der Waals surface area (Å²) in [5, 5.41) is 11.5. The summed E-state index contributed by atoms with van der Waals surface area (Å²) in [6, 6.07) is 1.16. The molecular weight excluding hydrogens is 276 g/mol. The summed E-state index contributed by atoms with van der Waals surface area (Å²) in [7, 11) is 0. The fraction of sp³-hybridized carbons (Fsp3) is 0.500. The molecule has 0 aliphatic heterocycles. The zero-order chi connectivity index (χ0) is 15.8. The molecule has 0 bridgehead atoms. The Balaban J connectivity index is 2.76. The number of carbonyl (C=O) groups is 3. The van der Waals surface area contributed by atoms with E-state index < -0.39 is 11.9 Å². The second kappa shape index (κ2) is 8.08. The number of hydrogen-bond acceptors (Lipinski definition) is 4. The molecule has 1 heterocycles. The van der Waals surface area contributed by atoms with Gasteiger partial charge in [0.15, 0.2) is 5.76 Å². The van der Waals surface area contributed by atoms with Crippen LogP contribution in [0.25, 0.3) is 0 Å². The van der Waals surface area contributed by atoms with Crippen molar-refractivity contribution < 1.29 is 23.9 Å². The number of aromatic carboxylic acids is 1. The van der Waals surface area contributed by atoms with Gasteiger partial charge in [0.1, 0.15) is 6.26 Å². The summed E-state index contributed by atoms with van der Waals surface area (Å²) in [4.78, 5) is 36.1. The number of carbonyl (C=O) groups excluding carboxylic acids is 2. The molecule has 0 saturated carbocycles. The van der Waals surface area contributed by atoms with Gasteiger partial charge >= 0.3 is 5.97 Å². The molecular formula is C14H20N2O5. The molecule has 0 unspecified atom stereocenters. The van der Waals surface area contributed by atoms with Gasteiger partial charge in [-0.2, -0.15) is 0 Å². The molecule has 2 amide bonds. The molecule has 0 aliphatic rings. The van der Waals surface area contributed by atoms with E-state index >= 15 is 0 Å². The van der Waals surface area contributed by atoms with Crippen molar-refractivity contribution in [2.75, 3.05) is 19.6 Å². The van der Waals surface area contributed by atoms with Crippen molar-refractivity contribution in [3.8, 4) is 0 Å². The van der Waals surface area contributed by atoms with E-state index in [0.29, 0.717) is 19.5 Å². The SMILES string of the molecule is CCCNC(=O)CN(CCC)C(=O)c1cc(C(=O)O)co1. The lowest BCUT2D eigenvalue weighted by Crippen LogP contribution is -2.41. The smallest absolute Gasteiger partial charge is 0.338 e. The summed E-state index contributed by atoms with van der Waals surface area (Å²) in [6.45, 7) is 4.69. The maximum absolute atomic E-state index is 12.2. The maximum atomic E-state index is 12.2. The van der Waals surface area contributed by atoms with Gasteiger partial charge in [-0.05, 0) is 12.8 Å². The van der Waals surface area contributed by atoms with Gasteiger partial charge in [-0.15, -0.1) is 0 Å². The van der Waals surface area contributed by atoms with Gasteiger partial charge in [0.05, 0.1) is 12.1 Å². The van der Waals surface area contributed by atoms with Crippen molar-refractivity contribution in [3.05, 3.63) is 23.7 Å². The minimum atomic E-state index is -1.17. The summed E-state index contributed by atoms with van der Waals surface area (Å²) < 4.78 is 4.97. The average molecular weight is 296 g/mol. The van der Waals surface area contributed by atoms with Gasteiger partial charge in [0, 0.05) is 19.2 Å². The number of carboxylic acid groups (broad SMARTS) is 1. The van der Waals surface area contributed by atoms with Gasteiger partial charge in [0.25, 0.3) is 5.91 Å². The number of furan rings is 1. The molecule has 1 aromatic heterocycles. The lowest BCUT2D eigenvalue weighted by Gasteiger charge is -2.20. The Hall–Kier alpha value is -2.31. The Morgan fingerprint density at radius 1 is 1.29 bits per heavy atom. The fourth-order valence-corrected chi connectivity index (χ4v) is 1.73. The maximum Gasteiger partial charge on any atom is 0.338 e. The Morgan fingerprint density at radius 2 is 2.00 bits per heavy atom. The monoisotopic (exact) mass is 296 g/mol. The predicted octanol–water partition coefficient (Wildman–Crippen LogP) is 1.36. The van der Waals surface area contributed by atoms with Crippen molar-refractivity contribution in [2.24, 2.45) is 0 Å². The zero-order valence-corrected chi connectivity index (χ0v) is 12.2. The highest BCUT2D eigenvalue weighted by Gasteiger charge is 2.22. The van der Waals surface area contributed by atoms with E-state index in [-0.39, 0.29) is 23.8 Å². The standard InChI is InChI=1S/C14H20N2O5/c1-3-5-15-12(17)8-16(6-4-2)13(18)11-7-10(9-21-11)14(19)20/h7,9H,3-6,8H2,1-2H3,(H,15,17)(H,19,20). The fourth-order valence-electron chi connectivity index (χ4n) is 1.73. The Morgan fingerprint density at radius 3 is 2.52 bits per heavy atom. The highest BCUT2D eigenvalue weighted by atomic mass is 16.4. The van der Waals surface area contributed by atoms with Gasteiger partial charge in [-0.1, -0.05) is 13.8 Å². The average Bonchev–Trinajstić information content (AvgIpc) is 2.93. The van der Waals surface area contributed by atoms with Crippen LogP contribution in [0.1, 0.15) is 47.6 Å². The van der Waals surface area contributed by atoms with Crippen LogP contribution in [0.15, 0.2) is 16.7 Å². The molecule has 1 rings (SSSR count). The van der Waals surface area contributed by atoms with E-state index in [1.54, 1.807) is 0 Å². The van der Waals surface area contributed by atoms with E-state index in [1.807, 2.05) is 13.8 Å². The summed E-state index contributed by atoms with van der Waals surface area (Å²) in [5.41, 5.74) is -0.0924. The molecule has 116 valence electrons. The van der Waals surface area contributed by atoms with E-state index in [0.717, 1.165) is 18.8 Å². The van der Waals surface area contributed by atoms with E-state index in [9.17, 15) is 14.4 Å². The Labute approximate surface area is 122 Å². The highest BCUT2D eigenvalue weighted by molar-refractivity contribution is 5.97. The summed E-state index contributed by atoms with van der Waals surface area (Å²) >= 11 is 0. The minimum absolute atomic E-state index is 0.0736. The van der Waals surface area contributed by atoms with Crippen LogP contribution < -0.4 is 5.32 Å². The van der Waals surface area contributed by atoms with Crippen molar-refractivity contribution >= 4 is 17.8 Å². The van der Waals surface area contributed by atoms with Crippen LogP contribution in [-0.4, -0.2) is 47.4 Å². The molecule has 0 saturated heterocycles. The Kier molecular flexibility index (Phi) is 6.45. The van der Waals surface area contributed by atoms with Crippen molar-refractivity contribution in [1.29, 1.82) is 0 Å². The van der Waals surface area contributed by atoms with Crippen LogP contribution in [0.2, 0.25) is 0 Å². The molecule has 2 N–H and O–H groups in total. The van der Waals surface area contributed by atoms with E-state index in [1.165, 1.54) is 4.90 Å². The Bertz CT molecular complexity index is 509. The third-order valence-corrected chi connectivity index (χ3v) is 2.74. The molecule has 21 heavy (non-hydrogen) atoms. The van der Waals surface area contributed by atoms with Crippen molar-refractivity contribution in [3.63, 3.8) is 0 Å². The lowest BCUT2D eigenvalue weighted by atomic mass is 10.3. The molecule has 7 heteroatoms. The molecule has 0 radical (unpaired) electrons. The van der Waals surface area contributed by atoms with Crippen LogP contribution in [-0.2, 0) is 4.79 Å². The largest absolute Gasteiger partial charge is 0.478 e. The van der Waals surface area contributed by atoms with E-state index in [4.69, 9.17) is 9.52 Å². The minimum Gasteiger partial charge on any atom is -0.478 e. The second-order valence-corrected chi connectivity index (χ2v) is 4.58. The number of nitrogens with one attached hydrogen (secondary N) is 1. The number of nitrogens with zero attached hydrogens (tertiary/aromatic N) is 1. The molecule has 0 fully saturated rings. The molecule has 0 spiro atoms. The normalized spacial score (nSPS) is 10.2. The number of carboxylic acids is 1. The number of hydrogen-bond donors (Lipinski definition) is 2. The second-order valence-electron chi connectivity index (χ2n) is 4.58. The molecule has 0 atom stereocenters. The summed E-state index contributed by atoms with van der Waals surface area (Å²) in [6.07, 6.45) is 2.50. The number of rotatable bonds is 8. The molecule has 1 aromatic rings. The molecule has 7 nitrogen and oxygen atoms in total. The summed E-state index contributed by atoms with van der Waals surface area (Å²) in [5.74, 6) is -1.98. The zero-order valence-electron chi connectivity index (χ0n) is 12.2.